The maximum absolute atomic E-state index is 12.9. The number of nitrogens with one attached hydrogen (secondary N) is 3. The molecule has 4 unspecified atom stereocenters. The summed E-state index contributed by atoms with van der Waals surface area (Å²) in [7, 11) is 4.12. The van der Waals surface area contributed by atoms with Gasteiger partial charge in [-0.25, -0.2) is 14.5 Å². The number of fused-ring (bicyclic) bond motifs is 4. The molecule has 2 amide bonds. The Kier molecular flexibility index (Phi) is 12.4. The van der Waals surface area contributed by atoms with Crippen molar-refractivity contribution in [2.75, 3.05) is 26.4 Å². The molecule has 0 saturated heterocycles. The van der Waals surface area contributed by atoms with E-state index in [-0.39, 0.29) is 29.8 Å². The summed E-state index contributed by atoms with van der Waals surface area (Å²) in [5, 5.41) is 24.4. The van der Waals surface area contributed by atoms with Gasteiger partial charge < -0.3 is 34.1 Å². The summed E-state index contributed by atoms with van der Waals surface area (Å²) in [6, 6.07) is 27.5. The van der Waals surface area contributed by atoms with Crippen molar-refractivity contribution in [3.8, 4) is 35.1 Å². The first-order valence-corrected chi connectivity index (χ1v) is 22.3. The number of nitriles is 2. The number of ether oxygens (including phenoxy) is 4. The maximum Gasteiger partial charge on any atom is 0.258 e. The van der Waals surface area contributed by atoms with Gasteiger partial charge >= 0.3 is 0 Å². The fourth-order valence-corrected chi connectivity index (χ4v) is 9.76. The van der Waals surface area contributed by atoms with Gasteiger partial charge in [0.05, 0.1) is 49.0 Å². The minimum atomic E-state index is -0.0845. The lowest BCUT2D eigenvalue weighted by Crippen LogP contribution is -2.41. The molecule has 328 valence electrons. The van der Waals surface area contributed by atoms with Crippen LogP contribution in [-0.2, 0) is 26.9 Å². The third-order valence-electron chi connectivity index (χ3n) is 13.0. The van der Waals surface area contributed by atoms with Crippen LogP contribution in [0.2, 0.25) is 0 Å². The molecular formula is C50H53N8O6+. The Balaban J connectivity index is 0.000000162. The number of nitrogens with zero attached hydrogens (tertiary/aromatic N) is 5. The van der Waals surface area contributed by atoms with Gasteiger partial charge in [0.2, 0.25) is 0 Å². The Morgan fingerprint density at radius 2 is 1.27 bits per heavy atom. The Labute approximate surface area is 372 Å². The van der Waals surface area contributed by atoms with Gasteiger partial charge in [0.1, 0.15) is 32.3 Å². The molecule has 14 nitrogen and oxygen atoms in total. The molecule has 6 aromatic rings. The fraction of sp³-hybridized carbons (Fsp3) is 0.400. The van der Waals surface area contributed by atoms with Gasteiger partial charge in [0.15, 0.2) is 34.0 Å². The van der Waals surface area contributed by atoms with Crippen molar-refractivity contribution in [1.82, 2.24) is 25.2 Å². The van der Waals surface area contributed by atoms with Crippen LogP contribution in [0, 0.1) is 22.7 Å². The molecule has 3 N–H and O–H groups in total. The summed E-state index contributed by atoms with van der Waals surface area (Å²) >= 11 is 0. The number of imidazole rings is 2. The van der Waals surface area contributed by atoms with Crippen LogP contribution in [0.15, 0.2) is 72.8 Å². The number of hydrogen-bond acceptors (Lipinski definition) is 9. The predicted octanol–water partition coefficient (Wildman–Crippen LogP) is 7.15. The largest absolute Gasteiger partial charge is 0.486 e. The van der Waals surface area contributed by atoms with E-state index in [1.807, 2.05) is 25.2 Å². The van der Waals surface area contributed by atoms with Crippen LogP contribution in [0.4, 0.5) is 0 Å². The molecule has 2 aliphatic heterocycles. The number of H-pyrrole nitrogens is 1. The number of aromatic nitrogens is 4. The Bertz CT molecular complexity index is 2710. The second kappa shape index (κ2) is 18.7. The smallest absolute Gasteiger partial charge is 0.258 e. The van der Waals surface area contributed by atoms with Gasteiger partial charge in [-0.3, -0.25) is 9.59 Å². The molecule has 2 saturated carbocycles. The second-order valence-electron chi connectivity index (χ2n) is 17.2. The van der Waals surface area contributed by atoms with Crippen molar-refractivity contribution >= 4 is 33.9 Å². The Morgan fingerprint density at radius 3 is 1.88 bits per heavy atom. The van der Waals surface area contributed by atoms with Crippen LogP contribution in [0.3, 0.4) is 0 Å². The lowest BCUT2D eigenvalue weighted by atomic mass is 9.85. The second-order valence-corrected chi connectivity index (χ2v) is 17.2. The highest BCUT2D eigenvalue weighted by molar-refractivity contribution is 5.95. The molecule has 64 heavy (non-hydrogen) atoms. The lowest BCUT2D eigenvalue weighted by Gasteiger charge is -2.29. The molecule has 0 bridgehead atoms. The van der Waals surface area contributed by atoms with Crippen molar-refractivity contribution in [3.63, 3.8) is 0 Å². The molecule has 4 aromatic carbocycles. The summed E-state index contributed by atoms with van der Waals surface area (Å²) < 4.78 is 26.7. The van der Waals surface area contributed by atoms with E-state index < -0.39 is 0 Å². The van der Waals surface area contributed by atoms with Gasteiger partial charge in [0.25, 0.3) is 17.6 Å². The van der Waals surface area contributed by atoms with E-state index in [9.17, 15) is 9.59 Å². The highest BCUT2D eigenvalue weighted by Crippen LogP contribution is 2.36. The standard InChI is InChI=1S/2C25H26N4O3/c1-29-21-7-5-16(9-10-26)13-20(21)28-24(29)17-3-2-4-19(14-17)27-25(30)18-6-8-22-23(15-18)32-12-11-31-22;1-29-21-13-16(9-10-26)5-7-20(21)28-24(29)17-3-2-4-19(14-17)27-25(30)18-6-8-22-23(15-18)32-12-11-31-22/h2*5-8,13,15,17,19H,2-4,9,11-12,14H2,1H3,(H,27,30)/p+1. The topological polar surface area (TPSA) is 180 Å². The molecule has 2 aliphatic carbocycles. The predicted molar refractivity (Wildman–Crippen MR) is 239 cm³/mol. The van der Waals surface area contributed by atoms with Gasteiger partial charge in [-0.15, -0.1) is 0 Å². The highest BCUT2D eigenvalue weighted by Gasteiger charge is 2.32. The quantitative estimate of drug-likeness (QED) is 0.134. The van der Waals surface area contributed by atoms with Gasteiger partial charge in [0, 0.05) is 36.2 Å². The molecule has 0 spiro atoms. The monoisotopic (exact) mass is 861 g/mol. The molecule has 4 atom stereocenters. The summed E-state index contributed by atoms with van der Waals surface area (Å²) in [5.74, 6) is 5.32. The fourth-order valence-electron chi connectivity index (χ4n) is 9.76. The highest BCUT2D eigenvalue weighted by atomic mass is 16.6. The minimum Gasteiger partial charge on any atom is -0.486 e. The van der Waals surface area contributed by atoms with Crippen LogP contribution in [-0.4, -0.2) is 64.9 Å². The van der Waals surface area contributed by atoms with Crippen LogP contribution in [0.25, 0.3) is 22.1 Å². The van der Waals surface area contributed by atoms with E-state index in [0.29, 0.717) is 79.3 Å². The molecule has 4 heterocycles. The van der Waals surface area contributed by atoms with Gasteiger partial charge in [-0.1, -0.05) is 25.0 Å². The first kappa shape index (κ1) is 42.3. The normalized spacial score (nSPS) is 20.0. The van der Waals surface area contributed by atoms with Gasteiger partial charge in [-0.2, -0.15) is 10.5 Å². The summed E-state index contributed by atoms with van der Waals surface area (Å²) in [5.41, 5.74) is 7.38. The zero-order valence-electron chi connectivity index (χ0n) is 36.3. The van der Waals surface area contributed by atoms with E-state index in [0.717, 1.165) is 90.4 Å². The van der Waals surface area contributed by atoms with Crippen molar-refractivity contribution in [1.29, 1.82) is 10.5 Å². The summed E-state index contributed by atoms with van der Waals surface area (Å²) in [6.45, 7) is 2.07. The lowest BCUT2D eigenvalue weighted by molar-refractivity contribution is -0.654. The van der Waals surface area contributed by atoms with Crippen LogP contribution >= 0.6 is 0 Å². The average Bonchev–Trinajstić information content (AvgIpc) is 3.84. The average molecular weight is 862 g/mol. The van der Waals surface area contributed by atoms with E-state index in [1.54, 1.807) is 36.4 Å². The summed E-state index contributed by atoms with van der Waals surface area (Å²) in [6.07, 6.45) is 8.73. The third-order valence-corrected chi connectivity index (χ3v) is 13.0. The first-order valence-electron chi connectivity index (χ1n) is 22.3. The number of amides is 2. The molecular weight excluding hydrogens is 809 g/mol. The number of aromatic amines is 1. The van der Waals surface area contributed by atoms with Gasteiger partial charge in [-0.05, 0) is 110 Å². The SMILES string of the molecule is C[n+]1c(C2CCCC(NC(=O)c3ccc4c(c3)OCCO4)C2)[nH]c2cc(CC#N)ccc21.Cn1c(C2CCCC(NC(=O)c3ccc4c(c3)OCCO4)C2)nc2ccc(CC#N)cc21. The van der Waals surface area contributed by atoms with Crippen LogP contribution < -0.4 is 34.1 Å². The number of hydrogen-bond donors (Lipinski definition) is 3. The molecule has 2 fully saturated rings. The van der Waals surface area contributed by atoms with Crippen molar-refractivity contribution < 1.29 is 33.1 Å². The number of rotatable bonds is 8. The molecule has 10 rings (SSSR count). The molecule has 0 radical (unpaired) electrons. The third kappa shape index (κ3) is 9.04. The van der Waals surface area contributed by atoms with Crippen molar-refractivity contribution in [2.45, 2.75) is 88.1 Å². The van der Waals surface area contributed by atoms with E-state index >= 15 is 0 Å². The first-order chi connectivity index (χ1) is 31.2. The zero-order chi connectivity index (χ0) is 44.2. The number of carbonyl (C=O) groups is 2. The molecule has 4 aliphatic rings. The minimum absolute atomic E-state index is 0.0743. The summed E-state index contributed by atoms with van der Waals surface area (Å²) in [4.78, 5) is 34.3. The van der Waals surface area contributed by atoms with E-state index in [4.69, 9.17) is 34.5 Å². The van der Waals surface area contributed by atoms with Crippen molar-refractivity contribution in [3.05, 3.63) is 107 Å². The Morgan fingerprint density at radius 1 is 0.719 bits per heavy atom. The van der Waals surface area contributed by atoms with Crippen molar-refractivity contribution in [2.24, 2.45) is 14.1 Å². The zero-order valence-corrected chi connectivity index (χ0v) is 36.3. The van der Waals surface area contributed by atoms with Crippen LogP contribution in [0.5, 0.6) is 23.0 Å². The molecule has 14 heteroatoms. The maximum atomic E-state index is 12.9. The number of benzene rings is 4. The Hall–Kier alpha value is -7.06. The number of carbonyl (C=O) groups excluding carboxylic acids is 2. The van der Waals surface area contributed by atoms with Crippen LogP contribution in [0.1, 0.15) is 107 Å². The van der Waals surface area contributed by atoms with E-state index in [2.05, 4.69) is 62.1 Å². The van der Waals surface area contributed by atoms with E-state index in [1.165, 1.54) is 5.82 Å². The molecule has 2 aromatic heterocycles. The number of aryl methyl sites for hydroxylation is 2.